The quantitative estimate of drug-likeness (QED) is 0.576. The van der Waals surface area contributed by atoms with Crippen LogP contribution < -0.4 is 11.2 Å². The van der Waals surface area contributed by atoms with Crippen LogP contribution in [-0.4, -0.2) is 49.0 Å². The summed E-state index contributed by atoms with van der Waals surface area (Å²) in [7, 11) is 3.09. The lowest BCUT2D eigenvalue weighted by molar-refractivity contribution is 0.0838. The second kappa shape index (κ2) is 8.20. The molecule has 1 aromatic carbocycles. The number of benzene rings is 1. The number of hydrogen-bond donors (Lipinski definition) is 0. The van der Waals surface area contributed by atoms with Crippen molar-refractivity contribution in [1.82, 2.24) is 23.6 Å². The van der Waals surface area contributed by atoms with Crippen molar-refractivity contribution >= 4 is 28.5 Å². The van der Waals surface area contributed by atoms with Crippen LogP contribution in [0.25, 0.3) is 11.2 Å². The number of nitrogens with zero attached hydrogens (tertiary/aromatic N) is 5. The van der Waals surface area contributed by atoms with Gasteiger partial charge in [0.15, 0.2) is 16.9 Å². The standard InChI is InChI=1S/C21H24ClN5O3/c1-24-19-17(20(29)25(2)21(24)30)27(13-23-19)12-11-26-9-7-15(8-10-26)18(28)14-3-5-16(22)6-4-14/h3-6,13,15H,7-12H2,1-2H3. The highest BCUT2D eigenvalue weighted by Crippen LogP contribution is 2.23. The number of hydrogen-bond acceptors (Lipinski definition) is 5. The molecule has 158 valence electrons. The lowest BCUT2D eigenvalue weighted by Crippen LogP contribution is -2.39. The Bertz CT molecular complexity index is 1200. The Balaban J connectivity index is 1.40. The summed E-state index contributed by atoms with van der Waals surface area (Å²) >= 11 is 5.91. The van der Waals surface area contributed by atoms with Gasteiger partial charge in [0.1, 0.15) is 0 Å². The summed E-state index contributed by atoms with van der Waals surface area (Å²) in [6.07, 6.45) is 3.23. The summed E-state index contributed by atoms with van der Waals surface area (Å²) in [6.45, 7) is 3.00. The number of carbonyl (C=O) groups excluding carboxylic acids is 1. The van der Waals surface area contributed by atoms with Gasteiger partial charge in [-0.3, -0.25) is 18.7 Å². The molecule has 0 atom stereocenters. The molecule has 1 fully saturated rings. The van der Waals surface area contributed by atoms with Crippen molar-refractivity contribution in [3.05, 3.63) is 62.0 Å². The van der Waals surface area contributed by atoms with Crippen molar-refractivity contribution in [2.45, 2.75) is 19.4 Å². The van der Waals surface area contributed by atoms with E-state index in [4.69, 9.17) is 11.6 Å². The number of aromatic nitrogens is 4. The lowest BCUT2D eigenvalue weighted by atomic mass is 9.89. The van der Waals surface area contributed by atoms with Gasteiger partial charge >= 0.3 is 5.69 Å². The molecular weight excluding hydrogens is 406 g/mol. The Hall–Kier alpha value is -2.71. The molecule has 0 spiro atoms. The second-order valence-corrected chi connectivity index (χ2v) is 8.24. The molecule has 30 heavy (non-hydrogen) atoms. The number of likely N-dealkylation sites (tertiary alicyclic amines) is 1. The smallest absolute Gasteiger partial charge is 0.323 e. The van der Waals surface area contributed by atoms with Gasteiger partial charge in [-0.15, -0.1) is 0 Å². The molecule has 1 aliphatic heterocycles. The molecule has 0 radical (unpaired) electrons. The predicted molar refractivity (Wildman–Crippen MR) is 115 cm³/mol. The van der Waals surface area contributed by atoms with Crippen LogP contribution in [0.3, 0.4) is 0 Å². The molecule has 0 N–H and O–H groups in total. The Morgan fingerprint density at radius 1 is 1.07 bits per heavy atom. The summed E-state index contributed by atoms with van der Waals surface area (Å²) < 4.78 is 4.30. The van der Waals surface area contributed by atoms with E-state index in [0.717, 1.165) is 37.0 Å². The molecule has 0 unspecified atom stereocenters. The highest BCUT2D eigenvalue weighted by Gasteiger charge is 2.26. The number of piperidine rings is 1. The molecule has 1 aliphatic rings. The van der Waals surface area contributed by atoms with Crippen molar-refractivity contribution < 1.29 is 4.79 Å². The largest absolute Gasteiger partial charge is 0.332 e. The first-order valence-corrected chi connectivity index (χ1v) is 10.4. The highest BCUT2D eigenvalue weighted by atomic mass is 35.5. The minimum Gasteiger partial charge on any atom is -0.323 e. The molecule has 9 heteroatoms. The molecular formula is C21H24ClN5O3. The van der Waals surface area contributed by atoms with Gasteiger partial charge in [0, 0.05) is 43.7 Å². The van der Waals surface area contributed by atoms with E-state index in [2.05, 4.69) is 9.88 Å². The highest BCUT2D eigenvalue weighted by molar-refractivity contribution is 6.30. The van der Waals surface area contributed by atoms with E-state index in [0.29, 0.717) is 28.3 Å². The van der Waals surface area contributed by atoms with E-state index in [1.807, 2.05) is 4.57 Å². The molecule has 8 nitrogen and oxygen atoms in total. The molecule has 3 aromatic rings. The number of ketones is 1. The van der Waals surface area contributed by atoms with Gasteiger partial charge in [-0.2, -0.15) is 0 Å². The number of fused-ring (bicyclic) bond motifs is 1. The molecule has 4 rings (SSSR count). The number of halogens is 1. The van der Waals surface area contributed by atoms with Crippen molar-refractivity contribution in [2.75, 3.05) is 19.6 Å². The van der Waals surface area contributed by atoms with Crippen LogP contribution in [0.15, 0.2) is 40.2 Å². The minimum atomic E-state index is -0.384. The lowest BCUT2D eigenvalue weighted by Gasteiger charge is -2.31. The molecule has 0 saturated carbocycles. The second-order valence-electron chi connectivity index (χ2n) is 7.80. The average molecular weight is 430 g/mol. The third-order valence-corrected chi connectivity index (χ3v) is 6.21. The number of aryl methyl sites for hydroxylation is 1. The monoisotopic (exact) mass is 429 g/mol. The van der Waals surface area contributed by atoms with Crippen LogP contribution in [0.4, 0.5) is 0 Å². The molecule has 0 amide bonds. The number of imidazole rings is 1. The van der Waals surface area contributed by atoms with Crippen LogP contribution in [0.1, 0.15) is 23.2 Å². The SMILES string of the molecule is Cn1c(=O)c2c(ncn2CCN2CCC(C(=O)c3ccc(Cl)cc3)CC2)n(C)c1=O. The van der Waals surface area contributed by atoms with Crippen molar-refractivity contribution in [2.24, 2.45) is 20.0 Å². The summed E-state index contributed by atoms with van der Waals surface area (Å²) in [6, 6.07) is 7.07. The topological polar surface area (TPSA) is 82.1 Å². The third-order valence-electron chi connectivity index (χ3n) is 5.96. The number of carbonyl (C=O) groups is 1. The zero-order valence-corrected chi connectivity index (χ0v) is 17.8. The van der Waals surface area contributed by atoms with Crippen LogP contribution in [-0.2, 0) is 20.6 Å². The first-order valence-electron chi connectivity index (χ1n) is 10.00. The van der Waals surface area contributed by atoms with Crippen molar-refractivity contribution in [1.29, 1.82) is 0 Å². The summed E-state index contributed by atoms with van der Waals surface area (Å²) in [4.78, 5) is 43.8. The van der Waals surface area contributed by atoms with Crippen LogP contribution in [0, 0.1) is 5.92 Å². The van der Waals surface area contributed by atoms with Crippen molar-refractivity contribution in [3.8, 4) is 0 Å². The maximum Gasteiger partial charge on any atom is 0.332 e. The summed E-state index contributed by atoms with van der Waals surface area (Å²) in [5.41, 5.74) is 0.829. The zero-order valence-electron chi connectivity index (χ0n) is 17.0. The van der Waals surface area contributed by atoms with Gasteiger partial charge in [0.2, 0.25) is 0 Å². The number of rotatable bonds is 5. The minimum absolute atomic E-state index is 0.0262. The normalized spacial score (nSPS) is 15.7. The van der Waals surface area contributed by atoms with Crippen LogP contribution >= 0.6 is 11.6 Å². The van der Waals surface area contributed by atoms with Gasteiger partial charge in [-0.05, 0) is 50.2 Å². The van der Waals surface area contributed by atoms with E-state index in [1.54, 1.807) is 37.6 Å². The molecule has 0 aliphatic carbocycles. The number of Topliss-reactive ketones (excluding diaryl/α,β-unsaturated/α-hetero) is 1. The van der Waals surface area contributed by atoms with E-state index in [9.17, 15) is 14.4 Å². The first kappa shape index (κ1) is 20.6. The third kappa shape index (κ3) is 3.73. The Morgan fingerprint density at radius 2 is 1.73 bits per heavy atom. The van der Waals surface area contributed by atoms with E-state index in [1.165, 1.54) is 11.6 Å². The van der Waals surface area contributed by atoms with Gasteiger partial charge < -0.3 is 9.47 Å². The molecule has 0 bridgehead atoms. The van der Waals surface area contributed by atoms with Crippen molar-refractivity contribution in [3.63, 3.8) is 0 Å². The molecule has 1 saturated heterocycles. The molecule has 3 heterocycles. The van der Waals surface area contributed by atoms with Gasteiger partial charge in [0.05, 0.1) is 6.33 Å². The maximum atomic E-state index is 12.7. The Labute approximate surface area is 178 Å². The fraction of sp³-hybridized carbons (Fsp3) is 0.429. The van der Waals surface area contributed by atoms with Gasteiger partial charge in [-0.25, -0.2) is 9.78 Å². The van der Waals surface area contributed by atoms with E-state index in [-0.39, 0.29) is 23.0 Å². The Morgan fingerprint density at radius 3 is 2.40 bits per heavy atom. The summed E-state index contributed by atoms with van der Waals surface area (Å²) in [5, 5.41) is 0.628. The van der Waals surface area contributed by atoms with Crippen LogP contribution in [0.5, 0.6) is 0 Å². The van der Waals surface area contributed by atoms with E-state index < -0.39 is 0 Å². The van der Waals surface area contributed by atoms with Crippen LogP contribution in [0.2, 0.25) is 5.02 Å². The van der Waals surface area contributed by atoms with Gasteiger partial charge in [0.25, 0.3) is 5.56 Å². The Kier molecular flexibility index (Phi) is 5.62. The predicted octanol–water partition coefficient (Wildman–Crippen LogP) is 1.68. The fourth-order valence-electron chi connectivity index (χ4n) is 4.08. The zero-order chi connectivity index (χ0) is 21.4. The van der Waals surface area contributed by atoms with Gasteiger partial charge in [-0.1, -0.05) is 11.6 Å². The average Bonchev–Trinajstić information content (AvgIpc) is 3.19. The maximum absolute atomic E-state index is 12.7. The molecule has 2 aromatic heterocycles. The first-order chi connectivity index (χ1) is 14.4. The summed E-state index contributed by atoms with van der Waals surface area (Å²) in [5.74, 6) is 0.203. The van der Waals surface area contributed by atoms with E-state index >= 15 is 0 Å². The fourth-order valence-corrected chi connectivity index (χ4v) is 4.21.